The normalized spacial score (nSPS) is 12.3. The predicted molar refractivity (Wildman–Crippen MR) is 80.7 cm³/mol. The first kappa shape index (κ1) is 19.9. The summed E-state index contributed by atoms with van der Waals surface area (Å²) in [6.45, 7) is 1.55. The molecule has 6 nitrogen and oxygen atoms in total. The molecule has 2 aromatic rings. The number of halogens is 6. The van der Waals surface area contributed by atoms with Gasteiger partial charge in [-0.3, -0.25) is 4.79 Å². The molecule has 2 rings (SSSR count). The van der Waals surface area contributed by atoms with Gasteiger partial charge in [-0.2, -0.15) is 26.3 Å². The van der Waals surface area contributed by atoms with E-state index in [0.29, 0.717) is 18.0 Å². The number of anilines is 1. The minimum Gasteiger partial charge on any atom is -0.336 e. The van der Waals surface area contributed by atoms with Gasteiger partial charge in [-0.25, -0.2) is 4.68 Å². The van der Waals surface area contributed by atoms with Crippen molar-refractivity contribution >= 4 is 23.4 Å². The number of benzene rings is 1. The average Bonchev–Trinajstić information content (AvgIpc) is 2.82. The number of nitrogen functional groups attached to an aromatic ring is 1. The first-order valence-corrected chi connectivity index (χ1v) is 7.75. The second-order valence-corrected chi connectivity index (χ2v) is 5.97. The monoisotopic (exact) mass is 399 g/mol. The third-order valence-corrected chi connectivity index (χ3v) is 3.98. The zero-order valence-electron chi connectivity index (χ0n) is 12.9. The fourth-order valence-electron chi connectivity index (χ4n) is 1.80. The van der Waals surface area contributed by atoms with Gasteiger partial charge in [0.25, 0.3) is 0 Å². The van der Waals surface area contributed by atoms with Crippen LogP contribution in [-0.2, 0) is 17.1 Å². The Kier molecular flexibility index (Phi) is 5.39. The summed E-state index contributed by atoms with van der Waals surface area (Å²) in [6.07, 6.45) is -9.99. The zero-order valence-corrected chi connectivity index (χ0v) is 13.8. The third kappa shape index (κ3) is 4.80. The number of nitrogens with zero attached hydrogens (tertiary/aromatic N) is 3. The molecule has 0 bridgehead atoms. The maximum absolute atomic E-state index is 12.8. The number of hydrogen-bond acceptors (Lipinski definition) is 5. The molecule has 142 valence electrons. The fourth-order valence-corrected chi connectivity index (χ4v) is 2.50. The molecule has 0 aliphatic rings. The number of rotatable bonds is 4. The van der Waals surface area contributed by atoms with Crippen molar-refractivity contribution in [1.82, 2.24) is 14.9 Å². The number of amides is 1. The molecule has 0 aliphatic heterocycles. The highest BCUT2D eigenvalue weighted by Crippen LogP contribution is 2.37. The number of hydrogen-bond donors (Lipinski definition) is 2. The Bertz CT molecular complexity index is 784. The molecule has 13 heteroatoms. The van der Waals surface area contributed by atoms with Crippen LogP contribution < -0.4 is 11.2 Å². The largest absolute Gasteiger partial charge is 0.416 e. The number of aromatic nitrogens is 3. The summed E-state index contributed by atoms with van der Waals surface area (Å²) in [5, 5.41) is 9.47. The Morgan fingerprint density at radius 3 is 2.08 bits per heavy atom. The van der Waals surface area contributed by atoms with Crippen LogP contribution in [0.25, 0.3) is 0 Å². The summed E-state index contributed by atoms with van der Waals surface area (Å²) in [7, 11) is 0. The van der Waals surface area contributed by atoms with E-state index in [4.69, 9.17) is 5.84 Å². The Morgan fingerprint density at radius 2 is 1.65 bits per heavy atom. The van der Waals surface area contributed by atoms with Crippen molar-refractivity contribution in [3.05, 3.63) is 35.2 Å². The second-order valence-electron chi connectivity index (χ2n) is 5.03. The molecule has 0 aliphatic carbocycles. The first-order valence-electron chi connectivity index (χ1n) is 6.77. The van der Waals surface area contributed by atoms with Crippen molar-refractivity contribution in [1.29, 1.82) is 0 Å². The summed E-state index contributed by atoms with van der Waals surface area (Å²) < 4.78 is 77.7. The maximum Gasteiger partial charge on any atom is 0.416 e. The highest BCUT2D eigenvalue weighted by Gasteiger charge is 2.37. The van der Waals surface area contributed by atoms with Crippen molar-refractivity contribution < 1.29 is 31.1 Å². The molecular formula is C13H11F6N5OS. The molecule has 26 heavy (non-hydrogen) atoms. The van der Waals surface area contributed by atoms with E-state index >= 15 is 0 Å². The van der Waals surface area contributed by atoms with Gasteiger partial charge in [-0.15, -0.1) is 10.2 Å². The SMILES string of the molecule is Cc1nnc(SCC(=O)Nc2cc(C(F)(F)F)cc(C(F)(F)F)c2)n1N. The molecule has 1 aromatic heterocycles. The van der Waals surface area contributed by atoms with Gasteiger partial charge in [-0.1, -0.05) is 11.8 Å². The van der Waals surface area contributed by atoms with Gasteiger partial charge in [0.2, 0.25) is 11.1 Å². The van der Waals surface area contributed by atoms with E-state index in [-0.39, 0.29) is 17.0 Å². The molecule has 0 unspecified atom stereocenters. The second kappa shape index (κ2) is 7.05. The van der Waals surface area contributed by atoms with Gasteiger partial charge >= 0.3 is 12.4 Å². The van der Waals surface area contributed by atoms with Crippen LogP contribution >= 0.6 is 11.8 Å². The van der Waals surface area contributed by atoms with Gasteiger partial charge in [0.15, 0.2) is 0 Å². The van der Waals surface area contributed by atoms with E-state index < -0.39 is 35.1 Å². The van der Waals surface area contributed by atoms with Crippen molar-refractivity contribution in [3.63, 3.8) is 0 Å². The van der Waals surface area contributed by atoms with Gasteiger partial charge in [0, 0.05) is 5.69 Å². The van der Waals surface area contributed by atoms with Gasteiger partial charge in [0.1, 0.15) is 5.82 Å². The lowest BCUT2D eigenvalue weighted by Crippen LogP contribution is -2.18. The Hall–Kier alpha value is -2.44. The van der Waals surface area contributed by atoms with Crippen LogP contribution in [0.2, 0.25) is 0 Å². The predicted octanol–water partition coefficient (Wildman–Crippen LogP) is 3.07. The molecule has 3 N–H and O–H groups in total. The number of nitrogens with two attached hydrogens (primary N) is 1. The smallest absolute Gasteiger partial charge is 0.336 e. The van der Waals surface area contributed by atoms with Crippen LogP contribution in [0.4, 0.5) is 32.0 Å². The summed E-state index contributed by atoms with van der Waals surface area (Å²) in [5.41, 5.74) is -3.66. The van der Waals surface area contributed by atoms with Crippen LogP contribution in [0.15, 0.2) is 23.4 Å². The number of carbonyl (C=O) groups excluding carboxylic acids is 1. The minimum atomic E-state index is -5.00. The standard InChI is InChI=1S/C13H11F6N5OS/c1-6-22-23-11(24(6)20)26-5-10(25)21-9-3-7(12(14,15)16)2-8(4-9)13(17,18)19/h2-4H,5,20H2,1H3,(H,21,25). The number of carbonyl (C=O) groups is 1. The van der Waals surface area contributed by atoms with Crippen molar-refractivity contribution in [2.75, 3.05) is 16.9 Å². The fraction of sp³-hybridized carbons (Fsp3) is 0.308. The minimum absolute atomic E-state index is 0.0237. The Balaban J connectivity index is 2.17. The molecule has 0 spiro atoms. The average molecular weight is 399 g/mol. The van der Waals surface area contributed by atoms with E-state index in [9.17, 15) is 31.1 Å². The van der Waals surface area contributed by atoms with Gasteiger partial charge in [-0.05, 0) is 25.1 Å². The number of thioether (sulfide) groups is 1. The number of alkyl halides is 6. The lowest BCUT2D eigenvalue weighted by molar-refractivity contribution is -0.143. The third-order valence-electron chi connectivity index (χ3n) is 3.04. The molecule has 0 saturated heterocycles. The van der Waals surface area contributed by atoms with E-state index in [2.05, 4.69) is 10.2 Å². The first-order chi connectivity index (χ1) is 11.9. The molecule has 1 heterocycles. The summed E-state index contributed by atoms with van der Waals surface area (Å²) in [4.78, 5) is 11.8. The molecule has 0 atom stereocenters. The Labute approximate surface area is 146 Å². The van der Waals surface area contributed by atoms with Crippen LogP contribution in [0.5, 0.6) is 0 Å². The number of nitrogens with one attached hydrogen (secondary N) is 1. The van der Waals surface area contributed by atoms with E-state index in [0.717, 1.165) is 16.4 Å². The van der Waals surface area contributed by atoms with E-state index in [1.807, 2.05) is 5.32 Å². The van der Waals surface area contributed by atoms with E-state index in [1.165, 1.54) is 0 Å². The van der Waals surface area contributed by atoms with Crippen LogP contribution in [0.3, 0.4) is 0 Å². The topological polar surface area (TPSA) is 85.8 Å². The molecular weight excluding hydrogens is 388 g/mol. The van der Waals surface area contributed by atoms with Crippen LogP contribution in [-0.4, -0.2) is 26.5 Å². The maximum atomic E-state index is 12.8. The van der Waals surface area contributed by atoms with Gasteiger partial charge in [0.05, 0.1) is 16.9 Å². The highest BCUT2D eigenvalue weighted by atomic mass is 32.2. The Morgan fingerprint density at radius 1 is 1.12 bits per heavy atom. The van der Waals surface area contributed by atoms with Gasteiger partial charge < -0.3 is 11.2 Å². The van der Waals surface area contributed by atoms with Crippen LogP contribution in [0.1, 0.15) is 17.0 Å². The quantitative estimate of drug-likeness (QED) is 0.469. The van der Waals surface area contributed by atoms with E-state index in [1.54, 1.807) is 6.92 Å². The van der Waals surface area contributed by atoms with Crippen LogP contribution in [0, 0.1) is 6.92 Å². The molecule has 1 amide bonds. The molecule has 0 fully saturated rings. The lowest BCUT2D eigenvalue weighted by atomic mass is 10.1. The lowest BCUT2D eigenvalue weighted by Gasteiger charge is -2.14. The highest BCUT2D eigenvalue weighted by molar-refractivity contribution is 7.99. The number of aryl methyl sites for hydroxylation is 1. The summed E-state index contributed by atoms with van der Waals surface area (Å²) in [5.74, 6) is 4.76. The van der Waals surface area contributed by atoms with Crippen molar-refractivity contribution in [3.8, 4) is 0 Å². The summed E-state index contributed by atoms with van der Waals surface area (Å²) >= 11 is 0.823. The van der Waals surface area contributed by atoms with Crippen molar-refractivity contribution in [2.45, 2.75) is 24.4 Å². The molecule has 0 radical (unpaired) electrons. The summed E-state index contributed by atoms with van der Waals surface area (Å²) in [6, 6.07) is 0.824. The zero-order chi connectivity index (χ0) is 19.7. The molecule has 1 aromatic carbocycles. The molecule has 0 saturated carbocycles. The van der Waals surface area contributed by atoms with Crippen molar-refractivity contribution in [2.24, 2.45) is 0 Å².